The number of aromatic amines is 2. The third kappa shape index (κ3) is 8.03. The van der Waals surface area contributed by atoms with Crippen LogP contribution in [0, 0.1) is 35.5 Å². The number of benzene rings is 1. The number of alkyl carbamates (subject to hydrolysis) is 2. The van der Waals surface area contributed by atoms with E-state index >= 15 is 0 Å². The number of imidazole rings is 2. The van der Waals surface area contributed by atoms with Gasteiger partial charge < -0.3 is 39.9 Å². The highest BCUT2D eigenvalue weighted by molar-refractivity contribution is 5.87. The zero-order valence-electron chi connectivity index (χ0n) is 29.3. The molecule has 50 heavy (non-hydrogen) atoms. The molecule has 4 N–H and O–H groups in total. The topological polar surface area (TPSA) is 175 Å². The summed E-state index contributed by atoms with van der Waals surface area (Å²) in [4.78, 5) is 70.0. The molecule has 0 spiro atoms. The Labute approximate surface area is 291 Å². The summed E-state index contributed by atoms with van der Waals surface area (Å²) in [6.07, 6.45) is 3.49. The van der Waals surface area contributed by atoms with Crippen LogP contribution in [-0.4, -0.2) is 93.1 Å². The number of ether oxygens (including phenoxy) is 2. The van der Waals surface area contributed by atoms with E-state index in [-0.39, 0.29) is 35.7 Å². The van der Waals surface area contributed by atoms with Gasteiger partial charge in [-0.1, -0.05) is 33.6 Å². The first-order valence-corrected chi connectivity index (χ1v) is 16.9. The molecule has 5 rings (SSSR count). The van der Waals surface area contributed by atoms with E-state index in [2.05, 4.69) is 49.3 Å². The zero-order valence-corrected chi connectivity index (χ0v) is 29.3. The number of aromatic nitrogens is 4. The van der Waals surface area contributed by atoms with Crippen molar-refractivity contribution in [3.8, 4) is 23.7 Å². The number of methoxy groups -OCH3 is 2. The fourth-order valence-corrected chi connectivity index (χ4v) is 6.42. The summed E-state index contributed by atoms with van der Waals surface area (Å²) in [5.41, 5.74) is 2.87. The van der Waals surface area contributed by atoms with Gasteiger partial charge in [-0.15, -0.1) is 0 Å². The molecule has 2 aliphatic heterocycles. The van der Waals surface area contributed by atoms with Crippen LogP contribution < -0.4 is 10.6 Å². The highest BCUT2D eigenvalue weighted by Crippen LogP contribution is 2.33. The Balaban J connectivity index is 1.25. The van der Waals surface area contributed by atoms with Crippen LogP contribution in [0.5, 0.6) is 0 Å². The molecule has 2 fully saturated rings. The van der Waals surface area contributed by atoms with E-state index in [4.69, 9.17) is 14.5 Å². The maximum Gasteiger partial charge on any atom is 0.407 e. The molecule has 0 saturated carbocycles. The second kappa shape index (κ2) is 15.8. The van der Waals surface area contributed by atoms with Gasteiger partial charge in [-0.05, 0) is 73.5 Å². The number of hydrogen-bond acceptors (Lipinski definition) is 8. The molecule has 264 valence electrons. The van der Waals surface area contributed by atoms with Crippen LogP contribution in [0.15, 0.2) is 24.4 Å². The molecule has 4 heterocycles. The van der Waals surface area contributed by atoms with Crippen LogP contribution >= 0.6 is 0 Å². The first kappa shape index (κ1) is 35.8. The minimum absolute atomic E-state index is 0.118. The van der Waals surface area contributed by atoms with Gasteiger partial charge >= 0.3 is 12.2 Å². The summed E-state index contributed by atoms with van der Waals surface area (Å²) >= 11 is 0. The number of rotatable bonds is 8. The molecule has 2 saturated heterocycles. The van der Waals surface area contributed by atoms with Crippen LogP contribution in [0.25, 0.3) is 11.0 Å². The van der Waals surface area contributed by atoms with E-state index in [9.17, 15) is 19.2 Å². The number of hydrogen-bond donors (Lipinski definition) is 4. The predicted molar refractivity (Wildman–Crippen MR) is 184 cm³/mol. The first-order chi connectivity index (χ1) is 24.0. The van der Waals surface area contributed by atoms with Gasteiger partial charge in [-0.2, -0.15) is 0 Å². The SMILES string of the molecule is COC(=O)NC(C(=O)N1CCCC1c1ncc(C#CC#Cc2ccc3nc(C4CCCN4C(=O)C(NC(=O)OC)C(C)C)[nH]c3c2)[nH]1)C(C)C. The number of carbonyl (C=O) groups is 4. The molecule has 2 aromatic heterocycles. The predicted octanol–water partition coefficient (Wildman–Crippen LogP) is 3.78. The lowest BCUT2D eigenvalue weighted by Crippen LogP contribution is -2.51. The Morgan fingerprint density at radius 3 is 1.94 bits per heavy atom. The monoisotopic (exact) mass is 684 g/mol. The Hall–Kier alpha value is -5.50. The van der Waals surface area contributed by atoms with Crippen molar-refractivity contribution in [3.63, 3.8) is 0 Å². The highest BCUT2D eigenvalue weighted by atomic mass is 16.5. The molecule has 1 aromatic carbocycles. The molecular formula is C36H44N8O6. The van der Waals surface area contributed by atoms with E-state index in [0.29, 0.717) is 30.4 Å². The fourth-order valence-electron chi connectivity index (χ4n) is 6.42. The maximum atomic E-state index is 13.5. The minimum Gasteiger partial charge on any atom is -0.453 e. The number of nitrogens with zero attached hydrogens (tertiary/aromatic N) is 4. The summed E-state index contributed by atoms with van der Waals surface area (Å²) in [6, 6.07) is 3.75. The third-order valence-corrected chi connectivity index (χ3v) is 9.05. The zero-order chi connectivity index (χ0) is 35.9. The van der Waals surface area contributed by atoms with Crippen LogP contribution in [-0.2, 0) is 19.1 Å². The molecule has 4 amide bonds. The van der Waals surface area contributed by atoms with Gasteiger partial charge in [-0.25, -0.2) is 19.6 Å². The lowest BCUT2D eigenvalue weighted by Gasteiger charge is -2.29. The molecule has 2 aliphatic rings. The van der Waals surface area contributed by atoms with E-state index in [1.807, 2.05) is 45.9 Å². The van der Waals surface area contributed by atoms with E-state index in [0.717, 1.165) is 42.3 Å². The molecule has 14 heteroatoms. The Morgan fingerprint density at radius 2 is 1.38 bits per heavy atom. The minimum atomic E-state index is -0.707. The standard InChI is InChI=1S/C36H44N8O6/c1-21(2)29(41-35(47)49-5)33(45)43-17-9-13-27(43)31-37-20-24(38-31)12-8-7-11-23-15-16-25-26(19-23)40-32(39-25)28-14-10-18-44(28)34(46)30(22(3)4)42-36(48)50-6/h15-16,19-22,27-30H,9-10,13-14,17-18H2,1-6H3,(H,37,38)(H,39,40)(H,41,47)(H,42,48). The van der Waals surface area contributed by atoms with E-state index in [1.54, 1.807) is 16.0 Å². The number of amides is 4. The van der Waals surface area contributed by atoms with Crippen molar-refractivity contribution in [1.29, 1.82) is 0 Å². The summed E-state index contributed by atoms with van der Waals surface area (Å²) < 4.78 is 9.44. The van der Waals surface area contributed by atoms with Crippen molar-refractivity contribution >= 4 is 35.0 Å². The molecular weight excluding hydrogens is 640 g/mol. The molecule has 0 aliphatic carbocycles. The molecule has 4 atom stereocenters. The van der Waals surface area contributed by atoms with Gasteiger partial charge in [0.1, 0.15) is 29.4 Å². The van der Waals surface area contributed by atoms with Gasteiger partial charge in [0.15, 0.2) is 0 Å². The van der Waals surface area contributed by atoms with Gasteiger partial charge in [0.25, 0.3) is 0 Å². The van der Waals surface area contributed by atoms with E-state index in [1.165, 1.54) is 14.2 Å². The van der Waals surface area contributed by atoms with Gasteiger partial charge in [0, 0.05) is 18.7 Å². The lowest BCUT2D eigenvalue weighted by molar-refractivity contribution is -0.136. The smallest absolute Gasteiger partial charge is 0.407 e. The van der Waals surface area contributed by atoms with Gasteiger partial charge in [-0.3, -0.25) is 9.59 Å². The fraction of sp³-hybridized carbons (Fsp3) is 0.500. The summed E-state index contributed by atoms with van der Waals surface area (Å²) in [6.45, 7) is 8.66. The number of likely N-dealkylation sites (tertiary alicyclic amines) is 2. The Kier molecular flexibility index (Phi) is 11.3. The first-order valence-electron chi connectivity index (χ1n) is 16.9. The number of carbonyl (C=O) groups excluding carboxylic acids is 4. The van der Waals surface area contributed by atoms with Crippen molar-refractivity contribution in [2.75, 3.05) is 27.3 Å². The van der Waals surface area contributed by atoms with Crippen molar-refractivity contribution in [2.45, 2.75) is 77.5 Å². The summed E-state index contributed by atoms with van der Waals surface area (Å²) in [5, 5.41) is 5.33. The average Bonchev–Trinajstić information content (AvgIpc) is 3.92. The third-order valence-electron chi connectivity index (χ3n) is 9.05. The Bertz CT molecular complexity index is 1860. The van der Waals surface area contributed by atoms with Crippen molar-refractivity contribution in [2.24, 2.45) is 11.8 Å². The average molecular weight is 685 g/mol. The van der Waals surface area contributed by atoms with E-state index < -0.39 is 24.3 Å². The van der Waals surface area contributed by atoms with Crippen molar-refractivity contribution < 1.29 is 28.7 Å². The van der Waals surface area contributed by atoms with Crippen LogP contribution in [0.2, 0.25) is 0 Å². The highest BCUT2D eigenvalue weighted by Gasteiger charge is 2.39. The second-order valence-electron chi connectivity index (χ2n) is 13.1. The van der Waals surface area contributed by atoms with Gasteiger partial charge in [0.05, 0.1) is 43.5 Å². The molecule has 3 aromatic rings. The number of H-pyrrole nitrogens is 2. The molecule has 14 nitrogen and oxygen atoms in total. The van der Waals surface area contributed by atoms with Crippen molar-refractivity contribution in [1.82, 2.24) is 40.4 Å². The number of fused-ring (bicyclic) bond motifs is 1. The largest absolute Gasteiger partial charge is 0.453 e. The number of nitrogens with one attached hydrogen (secondary N) is 4. The van der Waals surface area contributed by atoms with Crippen molar-refractivity contribution in [3.05, 3.63) is 47.3 Å². The molecule has 0 bridgehead atoms. The summed E-state index contributed by atoms with van der Waals surface area (Å²) in [7, 11) is 2.55. The molecule has 4 unspecified atom stereocenters. The van der Waals surface area contributed by atoms with Gasteiger partial charge in [0.2, 0.25) is 11.8 Å². The lowest BCUT2D eigenvalue weighted by atomic mass is 10.0. The van der Waals surface area contributed by atoms with Crippen LogP contribution in [0.4, 0.5) is 9.59 Å². The molecule has 0 radical (unpaired) electrons. The second-order valence-corrected chi connectivity index (χ2v) is 13.1. The maximum absolute atomic E-state index is 13.5. The summed E-state index contributed by atoms with van der Waals surface area (Å²) in [5.74, 6) is 12.6. The van der Waals surface area contributed by atoms with Crippen LogP contribution in [0.1, 0.15) is 88.4 Å². The quantitative estimate of drug-likeness (QED) is 0.260. The normalized spacial score (nSPS) is 18.2. The Morgan fingerprint density at radius 1 is 0.820 bits per heavy atom. The van der Waals surface area contributed by atoms with Crippen LogP contribution in [0.3, 0.4) is 0 Å².